The van der Waals surface area contributed by atoms with E-state index in [1.165, 1.54) is 18.5 Å². The lowest BCUT2D eigenvalue weighted by molar-refractivity contribution is 0.120. The summed E-state index contributed by atoms with van der Waals surface area (Å²) in [4.78, 5) is 7.94. The van der Waals surface area contributed by atoms with Crippen LogP contribution in [0.25, 0.3) is 0 Å². The normalized spacial score (nSPS) is 16.8. The molecule has 1 aromatic carbocycles. The van der Waals surface area contributed by atoms with Gasteiger partial charge in [0.1, 0.15) is 11.9 Å². The van der Waals surface area contributed by atoms with Gasteiger partial charge in [0.25, 0.3) is 0 Å². The smallest absolute Gasteiger partial charge is 0.183 e. The van der Waals surface area contributed by atoms with Crippen LogP contribution in [0, 0.1) is 17.1 Å². The van der Waals surface area contributed by atoms with Crippen molar-refractivity contribution in [3.63, 3.8) is 0 Å². The highest BCUT2D eigenvalue weighted by atomic mass is 19.1. The van der Waals surface area contributed by atoms with E-state index < -0.39 is 0 Å². The average molecular weight is 313 g/mol. The number of halogens is 1. The average Bonchev–Trinajstić information content (AvgIpc) is 3.08. The number of aromatic nitrogens is 2. The van der Waals surface area contributed by atoms with Crippen molar-refractivity contribution in [2.75, 3.05) is 23.8 Å². The summed E-state index contributed by atoms with van der Waals surface area (Å²) in [5, 5.41) is 14.9. The van der Waals surface area contributed by atoms with Gasteiger partial charge in [-0.25, -0.2) is 14.4 Å². The molecule has 0 unspecified atom stereocenters. The Morgan fingerprint density at radius 2 is 2.22 bits per heavy atom. The van der Waals surface area contributed by atoms with Gasteiger partial charge >= 0.3 is 0 Å². The fourth-order valence-corrected chi connectivity index (χ4v) is 2.41. The second kappa shape index (κ2) is 7.03. The zero-order chi connectivity index (χ0) is 16.1. The fraction of sp³-hybridized carbons (Fsp3) is 0.312. The molecule has 2 heterocycles. The Morgan fingerprint density at radius 1 is 1.35 bits per heavy atom. The zero-order valence-electron chi connectivity index (χ0n) is 12.4. The van der Waals surface area contributed by atoms with E-state index in [1.807, 2.05) is 6.07 Å². The Kier molecular flexibility index (Phi) is 4.64. The maximum atomic E-state index is 14.2. The number of ether oxygens (including phenoxy) is 1. The molecule has 0 amide bonds. The first kappa shape index (κ1) is 15.2. The molecular weight excluding hydrogens is 297 g/mol. The van der Waals surface area contributed by atoms with Crippen molar-refractivity contribution in [3.8, 4) is 6.07 Å². The summed E-state index contributed by atoms with van der Waals surface area (Å²) in [7, 11) is 0. The molecule has 1 aliphatic rings. The highest BCUT2D eigenvalue weighted by molar-refractivity contribution is 5.63. The maximum absolute atomic E-state index is 14.2. The van der Waals surface area contributed by atoms with Crippen LogP contribution in [-0.2, 0) is 4.74 Å². The second-order valence-corrected chi connectivity index (χ2v) is 5.20. The molecule has 1 aromatic heterocycles. The monoisotopic (exact) mass is 313 g/mol. The van der Waals surface area contributed by atoms with Crippen molar-refractivity contribution in [2.45, 2.75) is 18.9 Å². The summed E-state index contributed by atoms with van der Waals surface area (Å²) in [6.45, 7) is 1.36. The molecule has 6 nitrogen and oxygen atoms in total. The first-order chi connectivity index (χ1) is 11.3. The van der Waals surface area contributed by atoms with Crippen molar-refractivity contribution < 1.29 is 9.13 Å². The third kappa shape index (κ3) is 3.73. The zero-order valence-corrected chi connectivity index (χ0v) is 12.4. The molecule has 1 fully saturated rings. The SMILES string of the molecule is N#Cc1nccnc1Nc1ccc(NC[C@@H]2CCCO2)c(F)c1. The topological polar surface area (TPSA) is 82.9 Å². The third-order valence-corrected chi connectivity index (χ3v) is 3.58. The minimum Gasteiger partial charge on any atom is -0.380 e. The Morgan fingerprint density at radius 3 is 2.96 bits per heavy atom. The van der Waals surface area contributed by atoms with Crippen LogP contribution in [0.3, 0.4) is 0 Å². The Hall–Kier alpha value is -2.72. The highest BCUT2D eigenvalue weighted by Crippen LogP contribution is 2.23. The lowest BCUT2D eigenvalue weighted by Gasteiger charge is -2.13. The summed E-state index contributed by atoms with van der Waals surface area (Å²) >= 11 is 0. The van der Waals surface area contributed by atoms with Crippen LogP contribution < -0.4 is 10.6 Å². The van der Waals surface area contributed by atoms with E-state index in [0.29, 0.717) is 23.7 Å². The summed E-state index contributed by atoms with van der Waals surface area (Å²) in [6.07, 6.45) is 5.10. The van der Waals surface area contributed by atoms with Gasteiger partial charge < -0.3 is 15.4 Å². The molecule has 2 aromatic rings. The van der Waals surface area contributed by atoms with Gasteiger partial charge in [0, 0.05) is 31.2 Å². The van der Waals surface area contributed by atoms with Crippen LogP contribution >= 0.6 is 0 Å². The molecule has 0 bridgehead atoms. The molecular formula is C16H16FN5O. The standard InChI is InChI=1S/C16H16FN5O/c17-13-8-11(22-16-15(9-18)19-5-6-20-16)3-4-14(13)21-10-12-2-1-7-23-12/h3-6,8,12,21H,1-2,7,10H2,(H,20,22)/t12-/m0/s1. The van der Waals surface area contributed by atoms with E-state index in [9.17, 15) is 4.39 Å². The minimum absolute atomic E-state index is 0.144. The third-order valence-electron chi connectivity index (χ3n) is 3.58. The van der Waals surface area contributed by atoms with Crippen molar-refractivity contribution in [1.82, 2.24) is 9.97 Å². The number of anilines is 3. The first-order valence-corrected chi connectivity index (χ1v) is 7.39. The van der Waals surface area contributed by atoms with Crippen LogP contribution in [0.15, 0.2) is 30.6 Å². The maximum Gasteiger partial charge on any atom is 0.183 e. The number of hydrogen-bond acceptors (Lipinski definition) is 6. The van der Waals surface area contributed by atoms with E-state index in [0.717, 1.165) is 19.4 Å². The van der Waals surface area contributed by atoms with Crippen LogP contribution in [0.4, 0.5) is 21.6 Å². The molecule has 0 radical (unpaired) electrons. The summed E-state index contributed by atoms with van der Waals surface area (Å²) in [5.41, 5.74) is 1.08. The van der Waals surface area contributed by atoms with Crippen molar-refractivity contribution in [2.24, 2.45) is 0 Å². The molecule has 7 heteroatoms. The molecule has 0 aliphatic carbocycles. The van der Waals surface area contributed by atoms with Crippen molar-refractivity contribution in [3.05, 3.63) is 42.1 Å². The van der Waals surface area contributed by atoms with Gasteiger partial charge in [0.15, 0.2) is 11.5 Å². The first-order valence-electron chi connectivity index (χ1n) is 7.39. The number of benzene rings is 1. The molecule has 2 N–H and O–H groups in total. The minimum atomic E-state index is -0.379. The second-order valence-electron chi connectivity index (χ2n) is 5.20. The molecule has 0 saturated carbocycles. The number of hydrogen-bond donors (Lipinski definition) is 2. The highest BCUT2D eigenvalue weighted by Gasteiger charge is 2.15. The van der Waals surface area contributed by atoms with Crippen molar-refractivity contribution >= 4 is 17.2 Å². The van der Waals surface area contributed by atoms with Crippen molar-refractivity contribution in [1.29, 1.82) is 5.26 Å². The summed E-state index contributed by atoms with van der Waals surface area (Å²) in [5.74, 6) is -0.0788. The van der Waals surface area contributed by atoms with Gasteiger partial charge in [-0.15, -0.1) is 0 Å². The number of nitrogens with zero attached hydrogens (tertiary/aromatic N) is 3. The van der Waals surface area contributed by atoms with E-state index in [2.05, 4.69) is 20.6 Å². The van der Waals surface area contributed by atoms with Gasteiger partial charge in [0.05, 0.1) is 11.8 Å². The van der Waals surface area contributed by atoms with Crippen LogP contribution in [0.2, 0.25) is 0 Å². The van der Waals surface area contributed by atoms with Crippen LogP contribution in [0.5, 0.6) is 0 Å². The van der Waals surface area contributed by atoms with Gasteiger partial charge in [0.2, 0.25) is 0 Å². The van der Waals surface area contributed by atoms with Gasteiger partial charge in [-0.1, -0.05) is 0 Å². The van der Waals surface area contributed by atoms with Gasteiger partial charge in [-0.2, -0.15) is 5.26 Å². The molecule has 1 atom stereocenters. The van der Waals surface area contributed by atoms with Gasteiger partial charge in [-0.3, -0.25) is 0 Å². The van der Waals surface area contributed by atoms with E-state index >= 15 is 0 Å². The molecule has 3 rings (SSSR count). The number of nitriles is 1. The molecule has 118 valence electrons. The predicted octanol–water partition coefficient (Wildman–Crippen LogP) is 2.82. The van der Waals surface area contributed by atoms with Gasteiger partial charge in [-0.05, 0) is 31.0 Å². The fourth-order valence-electron chi connectivity index (χ4n) is 2.41. The van der Waals surface area contributed by atoms with Crippen LogP contribution in [0.1, 0.15) is 18.5 Å². The largest absolute Gasteiger partial charge is 0.380 e. The Labute approximate surface area is 133 Å². The van der Waals surface area contributed by atoms with Crippen LogP contribution in [-0.4, -0.2) is 29.2 Å². The Balaban J connectivity index is 1.67. The Bertz CT molecular complexity index is 725. The quantitative estimate of drug-likeness (QED) is 0.883. The lowest BCUT2D eigenvalue weighted by Crippen LogP contribution is -2.18. The molecule has 1 saturated heterocycles. The van der Waals surface area contributed by atoms with E-state index in [-0.39, 0.29) is 17.6 Å². The molecule has 0 spiro atoms. The number of rotatable bonds is 5. The summed E-state index contributed by atoms with van der Waals surface area (Å²) < 4.78 is 19.7. The predicted molar refractivity (Wildman–Crippen MR) is 83.9 cm³/mol. The summed E-state index contributed by atoms with van der Waals surface area (Å²) in [6, 6.07) is 6.66. The van der Waals surface area contributed by atoms with E-state index in [4.69, 9.17) is 10.00 Å². The lowest BCUT2D eigenvalue weighted by atomic mass is 10.2. The number of nitrogens with one attached hydrogen (secondary N) is 2. The molecule has 23 heavy (non-hydrogen) atoms. The molecule has 1 aliphatic heterocycles. The van der Waals surface area contributed by atoms with E-state index in [1.54, 1.807) is 12.1 Å².